The summed E-state index contributed by atoms with van der Waals surface area (Å²) in [5.74, 6) is 0.785. The van der Waals surface area contributed by atoms with E-state index in [1.165, 1.54) is 0 Å². The minimum Gasteiger partial charge on any atom is -0.489 e. The highest BCUT2D eigenvalue weighted by Gasteiger charge is 2.12. The first-order valence-electron chi connectivity index (χ1n) is 8.78. The maximum absolute atomic E-state index is 8.65. The highest BCUT2D eigenvalue weighted by Crippen LogP contribution is 2.23. The Morgan fingerprint density at radius 1 is 0.778 bits per heavy atom. The fourth-order valence-electron chi connectivity index (χ4n) is 2.66. The summed E-state index contributed by atoms with van der Waals surface area (Å²) in [4.78, 5) is 2.86. The lowest BCUT2D eigenvalue weighted by Gasteiger charge is -2.17. The first-order chi connectivity index (χ1) is 13.3. The van der Waals surface area contributed by atoms with Crippen LogP contribution in [0, 0.1) is 0 Å². The molecule has 0 saturated carbocycles. The summed E-state index contributed by atoms with van der Waals surface area (Å²) in [6.07, 6.45) is -0.302. The maximum Gasteiger partial charge on any atom is 0.119 e. The third-order valence-corrected chi connectivity index (χ3v) is 4.10. The molecule has 5 heteroatoms. The molecule has 0 aliphatic carbocycles. The molecule has 0 fully saturated rings. The number of hydrogen-bond acceptors (Lipinski definition) is 3. The fourth-order valence-corrected chi connectivity index (χ4v) is 2.66. The molecule has 0 aliphatic rings. The van der Waals surface area contributed by atoms with Crippen molar-refractivity contribution in [1.82, 2.24) is 0 Å². The molecule has 0 spiro atoms. The molecule has 0 radical (unpaired) electrons. The van der Waals surface area contributed by atoms with Crippen molar-refractivity contribution in [1.29, 1.82) is 0 Å². The molecule has 136 valence electrons. The van der Waals surface area contributed by atoms with E-state index in [9.17, 15) is 0 Å². The van der Waals surface area contributed by atoms with Gasteiger partial charge in [0.1, 0.15) is 12.4 Å². The minimum absolute atomic E-state index is 0.244. The molecule has 0 unspecified atom stereocenters. The van der Waals surface area contributed by atoms with Gasteiger partial charge in [0, 0.05) is 4.91 Å². The third-order valence-electron chi connectivity index (χ3n) is 4.10. The van der Waals surface area contributed by atoms with E-state index in [-0.39, 0.29) is 12.6 Å². The van der Waals surface area contributed by atoms with E-state index < -0.39 is 0 Å². The van der Waals surface area contributed by atoms with Crippen molar-refractivity contribution in [2.75, 3.05) is 6.54 Å². The van der Waals surface area contributed by atoms with Crippen LogP contribution in [-0.4, -0.2) is 6.54 Å². The summed E-state index contributed by atoms with van der Waals surface area (Å²) in [6.45, 7) is 1.22. The van der Waals surface area contributed by atoms with Crippen LogP contribution in [0.25, 0.3) is 10.4 Å². The Kier molecular flexibility index (Phi) is 6.87. The first-order valence-corrected chi connectivity index (χ1v) is 8.78. The molecule has 0 N–H and O–H groups in total. The van der Waals surface area contributed by atoms with Crippen LogP contribution in [0.15, 0.2) is 90.0 Å². The summed E-state index contributed by atoms with van der Waals surface area (Å²) in [7, 11) is 0. The monoisotopic (exact) mass is 359 g/mol. The van der Waals surface area contributed by atoms with Crippen molar-refractivity contribution >= 4 is 0 Å². The minimum atomic E-state index is -0.302. The van der Waals surface area contributed by atoms with Crippen LogP contribution in [0.4, 0.5) is 0 Å². The van der Waals surface area contributed by atoms with E-state index in [1.807, 2.05) is 84.9 Å². The van der Waals surface area contributed by atoms with Gasteiger partial charge in [-0.3, -0.25) is 0 Å². The van der Waals surface area contributed by atoms with E-state index in [0.29, 0.717) is 13.2 Å². The molecule has 0 heterocycles. The summed E-state index contributed by atoms with van der Waals surface area (Å²) in [6, 6.07) is 27.7. The van der Waals surface area contributed by atoms with Gasteiger partial charge >= 0.3 is 0 Å². The van der Waals surface area contributed by atoms with Gasteiger partial charge in [-0.05, 0) is 34.4 Å². The lowest BCUT2D eigenvalue weighted by Crippen LogP contribution is -2.08. The molecule has 0 saturated heterocycles. The van der Waals surface area contributed by atoms with Crippen LogP contribution in [0.2, 0.25) is 0 Å². The molecule has 3 aromatic rings. The van der Waals surface area contributed by atoms with Crippen LogP contribution in [0.5, 0.6) is 5.75 Å². The van der Waals surface area contributed by atoms with Crippen LogP contribution < -0.4 is 4.74 Å². The molecule has 27 heavy (non-hydrogen) atoms. The lowest BCUT2D eigenvalue weighted by atomic mass is 10.1. The first kappa shape index (κ1) is 18.5. The highest BCUT2D eigenvalue weighted by atomic mass is 16.5. The Labute approximate surface area is 158 Å². The molecule has 0 aromatic heterocycles. The zero-order valence-electron chi connectivity index (χ0n) is 14.9. The van der Waals surface area contributed by atoms with Gasteiger partial charge in [0.2, 0.25) is 0 Å². The normalized spacial score (nSPS) is 11.4. The number of hydrogen-bond donors (Lipinski definition) is 0. The summed E-state index contributed by atoms with van der Waals surface area (Å²) in [5.41, 5.74) is 11.8. The second-order valence-electron chi connectivity index (χ2n) is 6.04. The van der Waals surface area contributed by atoms with Crippen LogP contribution in [0.1, 0.15) is 22.8 Å². The van der Waals surface area contributed by atoms with E-state index >= 15 is 0 Å². The zero-order chi connectivity index (χ0) is 18.7. The third kappa shape index (κ3) is 5.89. The predicted octanol–water partition coefficient (Wildman–Crippen LogP) is 5.83. The number of rotatable bonds is 9. The standard InChI is InChI=1S/C22H21N3O2/c23-25-24-15-22(27-17-19-9-5-2-6-10-19)20-11-13-21(14-12-20)26-16-18-7-3-1-4-8-18/h1-14,22H,15-17H2/t22-/m1/s1. The van der Waals surface area contributed by atoms with Crippen LogP contribution in [0.3, 0.4) is 0 Å². The number of ether oxygens (including phenoxy) is 2. The van der Waals surface area contributed by atoms with Gasteiger partial charge in [-0.15, -0.1) is 0 Å². The predicted molar refractivity (Wildman–Crippen MR) is 105 cm³/mol. The van der Waals surface area contributed by atoms with Crippen LogP contribution >= 0.6 is 0 Å². The Morgan fingerprint density at radius 2 is 1.37 bits per heavy atom. The molecule has 3 aromatic carbocycles. The average Bonchev–Trinajstić information content (AvgIpc) is 2.74. The molecule has 1 atom stereocenters. The van der Waals surface area contributed by atoms with Gasteiger partial charge in [-0.1, -0.05) is 77.9 Å². The number of nitrogens with zero attached hydrogens (tertiary/aromatic N) is 3. The second kappa shape index (κ2) is 10.0. The van der Waals surface area contributed by atoms with Crippen molar-refractivity contribution < 1.29 is 9.47 Å². The molecule has 0 amide bonds. The summed E-state index contributed by atoms with van der Waals surface area (Å²) < 4.78 is 11.8. The maximum atomic E-state index is 8.65. The Morgan fingerprint density at radius 3 is 1.96 bits per heavy atom. The zero-order valence-corrected chi connectivity index (χ0v) is 14.9. The second-order valence-corrected chi connectivity index (χ2v) is 6.04. The van der Waals surface area contributed by atoms with Crippen molar-refractivity contribution in [3.05, 3.63) is 112 Å². The molecular weight excluding hydrogens is 338 g/mol. The van der Waals surface area contributed by atoms with Gasteiger partial charge in [0.25, 0.3) is 0 Å². The number of benzene rings is 3. The topological polar surface area (TPSA) is 67.2 Å². The van der Waals surface area contributed by atoms with E-state index in [4.69, 9.17) is 15.0 Å². The average molecular weight is 359 g/mol. The van der Waals surface area contributed by atoms with Gasteiger partial charge in [-0.25, -0.2) is 0 Å². The van der Waals surface area contributed by atoms with E-state index in [1.54, 1.807) is 0 Å². The van der Waals surface area contributed by atoms with Gasteiger partial charge in [0.15, 0.2) is 0 Å². The molecular formula is C22H21N3O2. The molecule has 0 bridgehead atoms. The number of azide groups is 1. The summed E-state index contributed by atoms with van der Waals surface area (Å²) >= 11 is 0. The fraction of sp³-hybridized carbons (Fsp3) is 0.182. The van der Waals surface area contributed by atoms with Crippen molar-refractivity contribution in [2.24, 2.45) is 5.11 Å². The van der Waals surface area contributed by atoms with Gasteiger partial charge in [-0.2, -0.15) is 0 Å². The van der Waals surface area contributed by atoms with E-state index in [2.05, 4.69) is 10.0 Å². The smallest absolute Gasteiger partial charge is 0.119 e. The molecule has 5 nitrogen and oxygen atoms in total. The largest absolute Gasteiger partial charge is 0.489 e. The summed E-state index contributed by atoms with van der Waals surface area (Å²) in [5, 5.41) is 3.68. The van der Waals surface area contributed by atoms with Crippen molar-refractivity contribution in [3.63, 3.8) is 0 Å². The SMILES string of the molecule is [N-]=[N+]=NC[C@@H](OCc1ccccc1)c1ccc(OCc2ccccc2)cc1. The van der Waals surface area contributed by atoms with Crippen LogP contribution in [-0.2, 0) is 18.0 Å². The van der Waals surface area contributed by atoms with Gasteiger partial charge in [0.05, 0.1) is 19.3 Å². The highest BCUT2D eigenvalue weighted by molar-refractivity contribution is 5.29. The molecule has 0 aliphatic heterocycles. The van der Waals surface area contributed by atoms with E-state index in [0.717, 1.165) is 22.4 Å². The quantitative estimate of drug-likeness (QED) is 0.274. The van der Waals surface area contributed by atoms with Crippen molar-refractivity contribution in [3.8, 4) is 5.75 Å². The molecule has 3 rings (SSSR count). The van der Waals surface area contributed by atoms with Crippen molar-refractivity contribution in [2.45, 2.75) is 19.3 Å². The lowest BCUT2D eigenvalue weighted by molar-refractivity contribution is 0.0457. The Bertz CT molecular complexity index is 861. The van der Waals surface area contributed by atoms with Gasteiger partial charge < -0.3 is 9.47 Å². The Balaban J connectivity index is 1.62. The Hall–Kier alpha value is -3.27.